The number of non-ortho nitro benzene ring substituents is 1. The predicted molar refractivity (Wildman–Crippen MR) is 80.6 cm³/mol. The molecular weight excluding hydrogens is 304 g/mol. The van der Waals surface area contributed by atoms with Crippen molar-refractivity contribution in [2.45, 2.75) is 37.8 Å². The molecule has 1 aromatic carbocycles. The van der Waals surface area contributed by atoms with Gasteiger partial charge in [-0.1, -0.05) is 12.8 Å². The number of nitro groups is 1. The number of benzene rings is 1. The zero-order chi connectivity index (χ0) is 17.0. The topological polar surface area (TPSA) is 119 Å². The summed E-state index contributed by atoms with van der Waals surface area (Å²) in [5.74, 6) is -1.86. The van der Waals surface area contributed by atoms with Gasteiger partial charge in [0.05, 0.1) is 22.6 Å². The quantitative estimate of drug-likeness (QED) is 0.632. The van der Waals surface area contributed by atoms with Crippen molar-refractivity contribution in [3.8, 4) is 0 Å². The number of hydrogen-bond acceptors (Lipinski definition) is 5. The maximum atomic E-state index is 12.3. The molecule has 0 unspecified atom stereocenters. The number of nitrogens with one attached hydrogen (secondary N) is 1. The summed E-state index contributed by atoms with van der Waals surface area (Å²) >= 11 is 0. The van der Waals surface area contributed by atoms with E-state index in [1.807, 2.05) is 0 Å². The summed E-state index contributed by atoms with van der Waals surface area (Å²) < 4.78 is 5.35. The van der Waals surface area contributed by atoms with Crippen LogP contribution in [0, 0.1) is 10.1 Å². The molecule has 0 heterocycles. The number of carboxylic acids is 1. The molecule has 23 heavy (non-hydrogen) atoms. The van der Waals surface area contributed by atoms with Crippen molar-refractivity contribution in [3.63, 3.8) is 0 Å². The highest BCUT2D eigenvalue weighted by Crippen LogP contribution is 2.22. The second-order valence-electron chi connectivity index (χ2n) is 5.47. The molecule has 0 spiro atoms. The first-order valence-corrected chi connectivity index (χ1v) is 7.29. The molecule has 1 saturated carbocycles. The van der Waals surface area contributed by atoms with Gasteiger partial charge in [0.15, 0.2) is 0 Å². The summed E-state index contributed by atoms with van der Waals surface area (Å²) in [4.78, 5) is 33.6. The predicted octanol–water partition coefficient (Wildman–Crippen LogP) is 1.98. The average molecular weight is 322 g/mol. The molecule has 0 saturated heterocycles. The standard InChI is InChI=1S/C15H18N2O6/c1-23-13-5-3-2-4-12(13)16-14(18)9-6-10(15(19)20)8-11(7-9)17(21)22/h6-8,12-13H,2-5H2,1H3,(H,16,18)(H,19,20)/t12-,13-/m0/s1. The monoisotopic (exact) mass is 322 g/mol. The zero-order valence-electron chi connectivity index (χ0n) is 12.7. The van der Waals surface area contributed by atoms with Crippen molar-refractivity contribution in [1.29, 1.82) is 0 Å². The lowest BCUT2D eigenvalue weighted by Gasteiger charge is -2.31. The number of amides is 1. The Hall–Kier alpha value is -2.48. The molecule has 8 nitrogen and oxygen atoms in total. The molecule has 124 valence electrons. The minimum atomic E-state index is -1.32. The van der Waals surface area contributed by atoms with E-state index in [9.17, 15) is 19.7 Å². The SMILES string of the molecule is CO[C@H]1CCCC[C@@H]1NC(=O)c1cc(C(=O)O)cc([N+](=O)[O-])c1. The van der Waals surface area contributed by atoms with Crippen molar-refractivity contribution in [2.75, 3.05) is 7.11 Å². The summed E-state index contributed by atoms with van der Waals surface area (Å²) in [6.07, 6.45) is 3.46. The van der Waals surface area contributed by atoms with Crippen LogP contribution in [0.5, 0.6) is 0 Å². The smallest absolute Gasteiger partial charge is 0.335 e. The molecule has 8 heteroatoms. The number of methoxy groups -OCH3 is 1. The second-order valence-corrected chi connectivity index (χ2v) is 5.47. The van der Waals surface area contributed by atoms with Crippen LogP contribution in [0.4, 0.5) is 5.69 Å². The Morgan fingerprint density at radius 1 is 1.26 bits per heavy atom. The Morgan fingerprint density at radius 2 is 1.91 bits per heavy atom. The van der Waals surface area contributed by atoms with Gasteiger partial charge in [-0.2, -0.15) is 0 Å². The number of carbonyl (C=O) groups excluding carboxylic acids is 1. The molecule has 2 rings (SSSR count). The minimum Gasteiger partial charge on any atom is -0.478 e. The molecule has 1 aliphatic rings. The van der Waals surface area contributed by atoms with Crippen LogP contribution in [0.15, 0.2) is 18.2 Å². The first kappa shape index (κ1) is 16.9. The molecular formula is C15H18N2O6. The fourth-order valence-electron chi connectivity index (χ4n) is 2.77. The number of nitro benzene ring substituents is 1. The highest BCUT2D eigenvalue weighted by molar-refractivity contribution is 5.98. The lowest BCUT2D eigenvalue weighted by Crippen LogP contribution is -2.46. The number of hydrogen-bond donors (Lipinski definition) is 2. The van der Waals surface area contributed by atoms with Gasteiger partial charge < -0.3 is 15.2 Å². The van der Waals surface area contributed by atoms with Gasteiger partial charge in [-0.15, -0.1) is 0 Å². The second kappa shape index (κ2) is 7.19. The number of rotatable bonds is 5. The van der Waals surface area contributed by atoms with Crippen LogP contribution in [0.3, 0.4) is 0 Å². The van der Waals surface area contributed by atoms with E-state index < -0.39 is 22.5 Å². The van der Waals surface area contributed by atoms with Crippen LogP contribution in [0.25, 0.3) is 0 Å². The average Bonchev–Trinajstić information content (AvgIpc) is 2.54. The maximum absolute atomic E-state index is 12.3. The van der Waals surface area contributed by atoms with E-state index in [4.69, 9.17) is 9.84 Å². The summed E-state index contributed by atoms with van der Waals surface area (Å²) in [5, 5.41) is 22.7. The fraction of sp³-hybridized carbons (Fsp3) is 0.467. The first-order valence-electron chi connectivity index (χ1n) is 7.29. The third-order valence-electron chi connectivity index (χ3n) is 3.96. The molecule has 0 bridgehead atoms. The van der Waals surface area contributed by atoms with E-state index in [-0.39, 0.29) is 23.3 Å². The minimum absolute atomic E-state index is 0.0444. The highest BCUT2D eigenvalue weighted by atomic mass is 16.6. The Kier molecular flexibility index (Phi) is 5.28. The molecule has 0 aliphatic heterocycles. The van der Waals surface area contributed by atoms with Gasteiger partial charge in [0.2, 0.25) is 0 Å². The van der Waals surface area contributed by atoms with Gasteiger partial charge in [0.25, 0.3) is 11.6 Å². The van der Waals surface area contributed by atoms with Crippen LogP contribution in [-0.2, 0) is 4.74 Å². The van der Waals surface area contributed by atoms with E-state index in [1.165, 1.54) is 0 Å². The van der Waals surface area contributed by atoms with E-state index in [0.717, 1.165) is 43.9 Å². The van der Waals surface area contributed by atoms with E-state index in [2.05, 4.69) is 5.32 Å². The molecule has 1 fully saturated rings. The van der Waals surface area contributed by atoms with Gasteiger partial charge in [0.1, 0.15) is 0 Å². The number of aromatic carboxylic acids is 1. The van der Waals surface area contributed by atoms with Gasteiger partial charge in [-0.3, -0.25) is 14.9 Å². The molecule has 0 aromatic heterocycles. The summed E-state index contributed by atoms with van der Waals surface area (Å²) in [5.41, 5.74) is -0.768. The molecule has 2 atom stereocenters. The van der Waals surface area contributed by atoms with Crippen molar-refractivity contribution >= 4 is 17.6 Å². The molecule has 0 radical (unpaired) electrons. The van der Waals surface area contributed by atoms with Gasteiger partial charge in [-0.25, -0.2) is 4.79 Å². The first-order chi connectivity index (χ1) is 10.9. The Labute approximate surface area is 132 Å². The largest absolute Gasteiger partial charge is 0.478 e. The van der Waals surface area contributed by atoms with Crippen molar-refractivity contribution < 1.29 is 24.4 Å². The maximum Gasteiger partial charge on any atom is 0.335 e. The van der Waals surface area contributed by atoms with Crippen LogP contribution in [-0.4, -0.2) is 41.2 Å². The molecule has 1 aliphatic carbocycles. The summed E-state index contributed by atoms with van der Waals surface area (Å²) in [7, 11) is 1.57. The normalized spacial score (nSPS) is 20.7. The third-order valence-corrected chi connectivity index (χ3v) is 3.96. The van der Waals surface area contributed by atoms with E-state index >= 15 is 0 Å². The number of carboxylic acid groups (broad SMARTS) is 1. The van der Waals surface area contributed by atoms with Crippen LogP contribution >= 0.6 is 0 Å². The Balaban J connectivity index is 2.24. The van der Waals surface area contributed by atoms with Crippen LogP contribution in [0.1, 0.15) is 46.4 Å². The van der Waals surface area contributed by atoms with Gasteiger partial charge in [0, 0.05) is 24.8 Å². The highest BCUT2D eigenvalue weighted by Gasteiger charge is 2.27. The van der Waals surface area contributed by atoms with Gasteiger partial charge >= 0.3 is 5.97 Å². The lowest BCUT2D eigenvalue weighted by atomic mass is 9.92. The van der Waals surface area contributed by atoms with Crippen LogP contribution in [0.2, 0.25) is 0 Å². The molecule has 1 amide bonds. The van der Waals surface area contributed by atoms with Gasteiger partial charge in [-0.05, 0) is 18.9 Å². The summed E-state index contributed by atoms with van der Waals surface area (Å²) in [6, 6.07) is 2.95. The van der Waals surface area contributed by atoms with Crippen molar-refractivity contribution in [1.82, 2.24) is 5.32 Å². The zero-order valence-corrected chi connectivity index (χ0v) is 12.7. The van der Waals surface area contributed by atoms with Crippen molar-refractivity contribution in [2.24, 2.45) is 0 Å². The van der Waals surface area contributed by atoms with E-state index in [0.29, 0.717) is 0 Å². The third kappa shape index (κ3) is 4.04. The van der Waals surface area contributed by atoms with Crippen LogP contribution < -0.4 is 5.32 Å². The number of carbonyl (C=O) groups is 2. The Bertz CT molecular complexity index is 598. The van der Waals surface area contributed by atoms with Crippen molar-refractivity contribution in [3.05, 3.63) is 39.4 Å². The molecule has 1 aromatic rings. The summed E-state index contributed by atoms with van der Waals surface area (Å²) in [6.45, 7) is 0. The fourth-order valence-corrected chi connectivity index (χ4v) is 2.77. The van der Waals surface area contributed by atoms with E-state index in [1.54, 1.807) is 7.11 Å². The number of nitrogens with zero attached hydrogens (tertiary/aromatic N) is 1. The Morgan fingerprint density at radius 3 is 2.52 bits per heavy atom. The lowest BCUT2D eigenvalue weighted by molar-refractivity contribution is -0.384. The number of ether oxygens (including phenoxy) is 1. The molecule has 2 N–H and O–H groups in total.